The van der Waals surface area contributed by atoms with Crippen LogP contribution >= 0.6 is 0 Å². The van der Waals surface area contributed by atoms with Gasteiger partial charge in [0, 0.05) is 18.4 Å². The van der Waals surface area contributed by atoms with E-state index in [1.807, 2.05) is 19.1 Å². The summed E-state index contributed by atoms with van der Waals surface area (Å²) in [4.78, 5) is 28.6. The van der Waals surface area contributed by atoms with E-state index in [0.29, 0.717) is 0 Å². The molecule has 0 bridgehead atoms. The normalized spacial score (nSPS) is 20.3. The Kier molecular flexibility index (Phi) is 3.69. The van der Waals surface area contributed by atoms with Gasteiger partial charge in [-0.2, -0.15) is 0 Å². The molecule has 96 valence electrons. The van der Waals surface area contributed by atoms with Gasteiger partial charge in [0.1, 0.15) is 0 Å². The highest BCUT2D eigenvalue weighted by Crippen LogP contribution is 2.23. The Morgan fingerprint density at radius 3 is 2.33 bits per heavy atom. The van der Waals surface area contributed by atoms with Crippen molar-refractivity contribution in [3.05, 3.63) is 30.1 Å². The highest BCUT2D eigenvalue weighted by atomic mass is 16.2. The van der Waals surface area contributed by atoms with Gasteiger partial charge in [-0.25, -0.2) is 0 Å². The van der Waals surface area contributed by atoms with E-state index in [2.05, 4.69) is 10.3 Å². The minimum absolute atomic E-state index is 0.164. The molecule has 0 aromatic carbocycles. The van der Waals surface area contributed by atoms with Gasteiger partial charge in [0.2, 0.25) is 11.8 Å². The molecule has 1 aliphatic rings. The highest BCUT2D eigenvalue weighted by Gasteiger charge is 2.31. The van der Waals surface area contributed by atoms with Crippen LogP contribution in [0, 0.1) is 0 Å². The summed E-state index contributed by atoms with van der Waals surface area (Å²) in [5.74, 6) is -0.572. The zero-order chi connectivity index (χ0) is 13.1. The predicted molar refractivity (Wildman–Crippen MR) is 65.4 cm³/mol. The van der Waals surface area contributed by atoms with Gasteiger partial charge in [-0.15, -0.1) is 0 Å². The van der Waals surface area contributed by atoms with Crippen molar-refractivity contribution < 1.29 is 9.59 Å². The van der Waals surface area contributed by atoms with Crippen molar-refractivity contribution >= 4 is 11.8 Å². The van der Waals surface area contributed by atoms with Crippen LogP contribution in [0.5, 0.6) is 0 Å². The number of nitrogens with two attached hydrogens (primary N) is 1. The number of hydrogen-bond donors (Lipinski definition) is 2. The van der Waals surface area contributed by atoms with Crippen molar-refractivity contribution in [3.8, 4) is 0 Å². The fourth-order valence-electron chi connectivity index (χ4n) is 2.26. The monoisotopic (exact) mass is 248 g/mol. The second kappa shape index (κ2) is 5.24. The molecule has 18 heavy (non-hydrogen) atoms. The van der Waals surface area contributed by atoms with E-state index in [0.717, 1.165) is 5.56 Å². The maximum Gasteiger partial charge on any atom is 0.240 e. The number of imide groups is 1. The fourth-order valence-corrected chi connectivity index (χ4v) is 2.26. The summed E-state index contributed by atoms with van der Waals surface area (Å²) in [6, 6.07) is 3.35. The van der Waals surface area contributed by atoms with Gasteiger partial charge in [0.15, 0.2) is 0 Å². The molecular weight excluding hydrogens is 232 g/mol. The Balaban J connectivity index is 2.25. The molecule has 3 N–H and O–H groups in total. The van der Waals surface area contributed by atoms with Crippen LogP contribution in [-0.4, -0.2) is 40.8 Å². The molecule has 0 saturated carbocycles. The van der Waals surface area contributed by atoms with E-state index < -0.39 is 0 Å². The third kappa shape index (κ3) is 2.72. The van der Waals surface area contributed by atoms with Crippen LogP contribution in [0.25, 0.3) is 0 Å². The van der Waals surface area contributed by atoms with Gasteiger partial charge in [0.05, 0.1) is 19.1 Å². The first kappa shape index (κ1) is 12.7. The Morgan fingerprint density at radius 1 is 1.28 bits per heavy atom. The van der Waals surface area contributed by atoms with Crippen LogP contribution in [0.15, 0.2) is 24.5 Å². The molecule has 2 amide bonds. The van der Waals surface area contributed by atoms with E-state index in [1.165, 1.54) is 0 Å². The molecule has 0 radical (unpaired) electrons. The highest BCUT2D eigenvalue weighted by molar-refractivity contribution is 5.99. The quantitative estimate of drug-likeness (QED) is 0.699. The zero-order valence-corrected chi connectivity index (χ0v) is 10.2. The first-order chi connectivity index (χ1) is 8.58. The van der Waals surface area contributed by atoms with Crippen molar-refractivity contribution in [2.45, 2.75) is 19.0 Å². The van der Waals surface area contributed by atoms with Crippen molar-refractivity contribution in [1.82, 2.24) is 15.2 Å². The second-order valence-electron chi connectivity index (χ2n) is 4.46. The average molecular weight is 248 g/mol. The number of carbonyl (C=O) groups is 2. The summed E-state index contributed by atoms with van der Waals surface area (Å²) in [6.45, 7) is 2.22. The Hall–Kier alpha value is -1.79. The molecular formula is C12H16N4O2. The van der Waals surface area contributed by atoms with Gasteiger partial charge >= 0.3 is 0 Å². The maximum absolute atomic E-state index is 11.4. The number of amides is 2. The lowest BCUT2D eigenvalue weighted by molar-refractivity contribution is -0.137. The fraction of sp³-hybridized carbons (Fsp3) is 0.417. The molecule has 1 aliphatic heterocycles. The molecule has 1 aromatic rings. The van der Waals surface area contributed by atoms with Crippen molar-refractivity contribution in [2.24, 2.45) is 5.73 Å². The maximum atomic E-state index is 11.4. The molecule has 1 fully saturated rings. The average Bonchev–Trinajstić information content (AvgIpc) is 2.28. The Morgan fingerprint density at radius 2 is 1.83 bits per heavy atom. The van der Waals surface area contributed by atoms with Crippen molar-refractivity contribution in [1.29, 1.82) is 0 Å². The summed E-state index contributed by atoms with van der Waals surface area (Å²) in [6.07, 6.45) is 3.35. The molecule has 6 nitrogen and oxygen atoms in total. The predicted octanol–water partition coefficient (Wildman–Crippen LogP) is -0.572. The number of aromatic nitrogens is 1. The third-order valence-electron chi connectivity index (χ3n) is 2.91. The third-order valence-corrected chi connectivity index (χ3v) is 2.91. The largest absolute Gasteiger partial charge is 0.326 e. The van der Waals surface area contributed by atoms with Gasteiger partial charge in [-0.3, -0.25) is 24.8 Å². The van der Waals surface area contributed by atoms with Crippen LogP contribution in [0.2, 0.25) is 0 Å². The number of hydrogen-bond acceptors (Lipinski definition) is 5. The van der Waals surface area contributed by atoms with Crippen LogP contribution in [-0.2, 0) is 9.59 Å². The standard InChI is InChI=1S/C12H16N4O2/c1-8(13)12(9-2-4-14-5-3-9)16-6-10(17)15-11(18)7-16/h2-5,8,12H,6-7,13H2,1H3,(H,15,17,18). The number of nitrogens with zero attached hydrogens (tertiary/aromatic N) is 2. The molecule has 1 saturated heterocycles. The molecule has 6 heteroatoms. The number of rotatable bonds is 3. The lowest BCUT2D eigenvalue weighted by Crippen LogP contribution is -2.54. The lowest BCUT2D eigenvalue weighted by atomic mass is 9.99. The molecule has 0 aliphatic carbocycles. The molecule has 0 spiro atoms. The topological polar surface area (TPSA) is 88.3 Å². The molecule has 2 heterocycles. The number of nitrogens with one attached hydrogen (secondary N) is 1. The van der Waals surface area contributed by atoms with Crippen LogP contribution in [0.1, 0.15) is 18.5 Å². The van der Waals surface area contributed by atoms with Crippen LogP contribution < -0.4 is 11.1 Å². The second-order valence-corrected chi connectivity index (χ2v) is 4.46. The van der Waals surface area contributed by atoms with Crippen LogP contribution in [0.3, 0.4) is 0 Å². The lowest BCUT2D eigenvalue weighted by Gasteiger charge is -2.35. The van der Waals surface area contributed by atoms with E-state index in [4.69, 9.17) is 5.73 Å². The van der Waals surface area contributed by atoms with Crippen molar-refractivity contribution in [3.63, 3.8) is 0 Å². The minimum Gasteiger partial charge on any atom is -0.326 e. The summed E-state index contributed by atoms with van der Waals surface area (Å²) < 4.78 is 0. The van der Waals surface area contributed by atoms with E-state index in [-0.39, 0.29) is 37.0 Å². The molecule has 2 unspecified atom stereocenters. The number of carbonyl (C=O) groups excluding carboxylic acids is 2. The van der Waals surface area contributed by atoms with Gasteiger partial charge in [-0.05, 0) is 24.6 Å². The van der Waals surface area contributed by atoms with Gasteiger partial charge in [-0.1, -0.05) is 0 Å². The summed E-state index contributed by atoms with van der Waals surface area (Å²) in [5.41, 5.74) is 6.95. The smallest absolute Gasteiger partial charge is 0.240 e. The number of piperazine rings is 1. The zero-order valence-electron chi connectivity index (χ0n) is 10.2. The van der Waals surface area contributed by atoms with Gasteiger partial charge in [0.25, 0.3) is 0 Å². The van der Waals surface area contributed by atoms with E-state index in [9.17, 15) is 9.59 Å². The Bertz CT molecular complexity index is 431. The molecule has 2 atom stereocenters. The Labute approximate surface area is 105 Å². The minimum atomic E-state index is -0.286. The first-order valence-electron chi connectivity index (χ1n) is 5.80. The summed E-state index contributed by atoms with van der Waals surface area (Å²) in [7, 11) is 0. The van der Waals surface area contributed by atoms with E-state index in [1.54, 1.807) is 17.3 Å². The summed E-state index contributed by atoms with van der Waals surface area (Å²) >= 11 is 0. The van der Waals surface area contributed by atoms with Gasteiger partial charge < -0.3 is 5.73 Å². The van der Waals surface area contributed by atoms with Crippen LogP contribution in [0.4, 0.5) is 0 Å². The van der Waals surface area contributed by atoms with Crippen molar-refractivity contribution in [2.75, 3.05) is 13.1 Å². The molecule has 2 rings (SSSR count). The first-order valence-corrected chi connectivity index (χ1v) is 5.80. The van der Waals surface area contributed by atoms with E-state index >= 15 is 0 Å². The number of pyridine rings is 1. The molecule has 1 aromatic heterocycles. The SMILES string of the molecule is CC(N)C(c1ccncc1)N1CC(=O)NC(=O)C1. The summed E-state index contributed by atoms with van der Waals surface area (Å²) in [5, 5.41) is 2.28.